The van der Waals surface area contributed by atoms with Gasteiger partial charge in [-0.3, -0.25) is 4.79 Å². The van der Waals surface area contributed by atoms with E-state index in [0.29, 0.717) is 6.42 Å². The molecule has 0 unspecified atom stereocenters. The number of piperidine rings is 1. The van der Waals surface area contributed by atoms with E-state index in [1.54, 1.807) is 0 Å². The van der Waals surface area contributed by atoms with Crippen molar-refractivity contribution >= 4 is 5.97 Å². The van der Waals surface area contributed by atoms with Gasteiger partial charge in [0.2, 0.25) is 0 Å². The van der Waals surface area contributed by atoms with E-state index in [2.05, 4.69) is 35.2 Å². The Morgan fingerprint density at radius 2 is 1.86 bits per heavy atom. The Labute approximate surface area is 128 Å². The normalized spacial score (nSPS) is 17.0. The van der Waals surface area contributed by atoms with E-state index in [0.717, 1.165) is 25.3 Å². The number of carbonyl (C=O) groups is 1. The van der Waals surface area contributed by atoms with Crippen molar-refractivity contribution in [3.63, 3.8) is 0 Å². The molecular weight excluding hydrogens is 262 g/mol. The molecule has 2 rings (SSSR count). The molecule has 0 aromatic heterocycles. The molecule has 1 fully saturated rings. The van der Waals surface area contributed by atoms with Crippen molar-refractivity contribution in [3.05, 3.63) is 35.9 Å². The average Bonchev–Trinajstić information content (AvgIpc) is 2.51. The first kappa shape index (κ1) is 16.0. The van der Waals surface area contributed by atoms with Crippen LogP contribution in [0.2, 0.25) is 0 Å². The van der Waals surface area contributed by atoms with Gasteiger partial charge in [-0.25, -0.2) is 0 Å². The number of likely N-dealkylation sites (tertiary alicyclic amines) is 1. The molecule has 0 amide bonds. The molecule has 0 aliphatic carbocycles. The first-order chi connectivity index (χ1) is 10.2. The Morgan fingerprint density at radius 3 is 2.52 bits per heavy atom. The lowest BCUT2D eigenvalue weighted by Crippen LogP contribution is -2.34. The number of aryl methyl sites for hydroxylation is 1. The number of benzene rings is 1. The van der Waals surface area contributed by atoms with E-state index in [1.165, 1.54) is 44.3 Å². The lowest BCUT2D eigenvalue weighted by molar-refractivity contribution is -0.137. The van der Waals surface area contributed by atoms with Crippen LogP contribution in [0.3, 0.4) is 0 Å². The van der Waals surface area contributed by atoms with Crippen molar-refractivity contribution in [3.8, 4) is 0 Å². The number of hydrogen-bond donors (Lipinski definition) is 1. The zero-order chi connectivity index (χ0) is 14.9. The van der Waals surface area contributed by atoms with Crippen LogP contribution in [0.25, 0.3) is 0 Å². The molecule has 0 bridgehead atoms. The van der Waals surface area contributed by atoms with Crippen LogP contribution in [0, 0.1) is 5.92 Å². The summed E-state index contributed by atoms with van der Waals surface area (Å²) in [5.74, 6) is 0.190. The standard InChI is InChI=1S/C18H27NO2/c20-18(21)8-4-5-13-19-14-11-17(12-15-19)10-9-16-6-2-1-3-7-16/h1-3,6-7,17H,4-5,8-15H2,(H,20,21). The van der Waals surface area contributed by atoms with Gasteiger partial charge in [0.1, 0.15) is 0 Å². The van der Waals surface area contributed by atoms with Crippen LogP contribution >= 0.6 is 0 Å². The Bertz CT molecular complexity index is 410. The second-order valence-corrected chi connectivity index (χ2v) is 6.16. The minimum Gasteiger partial charge on any atom is -0.481 e. The summed E-state index contributed by atoms with van der Waals surface area (Å²) in [6.07, 6.45) is 7.23. The van der Waals surface area contributed by atoms with Crippen LogP contribution in [-0.4, -0.2) is 35.6 Å². The van der Waals surface area contributed by atoms with E-state index < -0.39 is 5.97 Å². The number of carboxylic acid groups (broad SMARTS) is 1. The lowest BCUT2D eigenvalue weighted by atomic mass is 9.90. The van der Waals surface area contributed by atoms with E-state index in [4.69, 9.17) is 5.11 Å². The van der Waals surface area contributed by atoms with Crippen molar-refractivity contribution in [2.75, 3.05) is 19.6 Å². The zero-order valence-electron chi connectivity index (χ0n) is 12.8. The highest BCUT2D eigenvalue weighted by atomic mass is 16.4. The molecule has 1 N–H and O–H groups in total. The quantitative estimate of drug-likeness (QED) is 0.744. The summed E-state index contributed by atoms with van der Waals surface area (Å²) in [5, 5.41) is 8.62. The summed E-state index contributed by atoms with van der Waals surface area (Å²) in [4.78, 5) is 13.0. The van der Waals surface area contributed by atoms with Crippen LogP contribution in [-0.2, 0) is 11.2 Å². The molecule has 1 aromatic carbocycles. The molecule has 0 spiro atoms. The molecule has 21 heavy (non-hydrogen) atoms. The van der Waals surface area contributed by atoms with Crippen molar-refractivity contribution in [2.45, 2.75) is 44.9 Å². The molecule has 1 aliphatic heterocycles. The highest BCUT2D eigenvalue weighted by Crippen LogP contribution is 2.22. The van der Waals surface area contributed by atoms with Crippen LogP contribution in [0.5, 0.6) is 0 Å². The second kappa shape index (κ2) is 8.83. The van der Waals surface area contributed by atoms with Gasteiger partial charge >= 0.3 is 5.97 Å². The predicted molar refractivity (Wildman–Crippen MR) is 85.4 cm³/mol. The van der Waals surface area contributed by atoms with E-state index in [-0.39, 0.29) is 0 Å². The molecule has 0 radical (unpaired) electrons. The van der Waals surface area contributed by atoms with E-state index >= 15 is 0 Å². The molecule has 1 aromatic rings. The monoisotopic (exact) mass is 289 g/mol. The topological polar surface area (TPSA) is 40.5 Å². The van der Waals surface area contributed by atoms with Crippen LogP contribution in [0.4, 0.5) is 0 Å². The summed E-state index contributed by atoms with van der Waals surface area (Å²) in [6.45, 7) is 3.44. The van der Waals surface area contributed by atoms with Gasteiger partial charge in [0, 0.05) is 6.42 Å². The average molecular weight is 289 g/mol. The van der Waals surface area contributed by atoms with Gasteiger partial charge in [0.25, 0.3) is 0 Å². The molecular formula is C18H27NO2. The summed E-state index contributed by atoms with van der Waals surface area (Å²) in [5.41, 5.74) is 1.45. The van der Waals surface area contributed by atoms with E-state index in [1.807, 2.05) is 0 Å². The minimum absolute atomic E-state index is 0.313. The SMILES string of the molecule is O=C(O)CCCCN1CCC(CCc2ccccc2)CC1. The Balaban J connectivity index is 1.57. The Kier molecular flexibility index (Phi) is 6.74. The third-order valence-electron chi connectivity index (χ3n) is 4.51. The molecule has 1 heterocycles. The first-order valence-electron chi connectivity index (χ1n) is 8.22. The minimum atomic E-state index is -0.672. The molecule has 3 nitrogen and oxygen atoms in total. The molecule has 0 atom stereocenters. The van der Waals surface area contributed by atoms with Gasteiger partial charge in [-0.05, 0) is 69.6 Å². The fraction of sp³-hybridized carbons (Fsp3) is 0.611. The van der Waals surface area contributed by atoms with Gasteiger partial charge in [-0.2, -0.15) is 0 Å². The Hall–Kier alpha value is -1.35. The molecule has 0 saturated carbocycles. The van der Waals surface area contributed by atoms with Gasteiger partial charge in [0.05, 0.1) is 0 Å². The number of nitrogens with zero attached hydrogens (tertiary/aromatic N) is 1. The van der Waals surface area contributed by atoms with E-state index in [9.17, 15) is 4.79 Å². The van der Waals surface area contributed by atoms with Gasteiger partial charge in [-0.1, -0.05) is 30.3 Å². The van der Waals surface area contributed by atoms with Crippen molar-refractivity contribution < 1.29 is 9.90 Å². The van der Waals surface area contributed by atoms with Gasteiger partial charge in [0.15, 0.2) is 0 Å². The van der Waals surface area contributed by atoms with Crippen molar-refractivity contribution in [1.82, 2.24) is 4.90 Å². The molecule has 1 aliphatic rings. The maximum Gasteiger partial charge on any atom is 0.303 e. The van der Waals surface area contributed by atoms with Crippen LogP contribution < -0.4 is 0 Å². The zero-order valence-corrected chi connectivity index (χ0v) is 12.8. The summed E-state index contributed by atoms with van der Waals surface area (Å²) >= 11 is 0. The predicted octanol–water partition coefficient (Wildman–Crippen LogP) is 3.59. The Morgan fingerprint density at radius 1 is 1.14 bits per heavy atom. The molecule has 3 heteroatoms. The maximum absolute atomic E-state index is 10.5. The summed E-state index contributed by atoms with van der Waals surface area (Å²) in [7, 11) is 0. The fourth-order valence-electron chi connectivity index (χ4n) is 3.13. The summed E-state index contributed by atoms with van der Waals surface area (Å²) < 4.78 is 0. The molecule has 1 saturated heterocycles. The third kappa shape index (κ3) is 6.30. The lowest BCUT2D eigenvalue weighted by Gasteiger charge is -2.32. The molecule has 116 valence electrons. The largest absolute Gasteiger partial charge is 0.481 e. The van der Waals surface area contributed by atoms with Gasteiger partial charge in [-0.15, -0.1) is 0 Å². The highest BCUT2D eigenvalue weighted by molar-refractivity contribution is 5.66. The number of unbranched alkanes of at least 4 members (excludes halogenated alkanes) is 1. The number of aliphatic carboxylic acids is 1. The van der Waals surface area contributed by atoms with Crippen LogP contribution in [0.1, 0.15) is 44.1 Å². The maximum atomic E-state index is 10.5. The van der Waals surface area contributed by atoms with Crippen molar-refractivity contribution in [1.29, 1.82) is 0 Å². The fourth-order valence-corrected chi connectivity index (χ4v) is 3.13. The summed E-state index contributed by atoms with van der Waals surface area (Å²) in [6, 6.07) is 10.8. The first-order valence-corrected chi connectivity index (χ1v) is 8.22. The number of rotatable bonds is 8. The smallest absolute Gasteiger partial charge is 0.303 e. The van der Waals surface area contributed by atoms with Crippen LogP contribution in [0.15, 0.2) is 30.3 Å². The highest BCUT2D eigenvalue weighted by Gasteiger charge is 2.18. The number of carboxylic acids is 1. The number of hydrogen-bond acceptors (Lipinski definition) is 2. The third-order valence-corrected chi connectivity index (χ3v) is 4.51. The van der Waals surface area contributed by atoms with Gasteiger partial charge < -0.3 is 10.0 Å². The van der Waals surface area contributed by atoms with Crippen molar-refractivity contribution in [2.24, 2.45) is 5.92 Å². The second-order valence-electron chi connectivity index (χ2n) is 6.16.